The van der Waals surface area contributed by atoms with Crippen LogP contribution in [0.1, 0.15) is 31.5 Å². The van der Waals surface area contributed by atoms with Gasteiger partial charge in [0.05, 0.1) is 13.1 Å². The molecule has 2 N–H and O–H groups in total. The standard InChI is InChI=1S/C10H18N4O2/c1-3-4-5-12-9(15)6-11-7-10-13-8(2)14-16-10/h11H,3-7H2,1-2H3,(H,12,15). The van der Waals surface area contributed by atoms with Crippen molar-refractivity contribution in [1.82, 2.24) is 20.8 Å². The van der Waals surface area contributed by atoms with Gasteiger partial charge in [0, 0.05) is 6.54 Å². The second kappa shape index (κ2) is 6.95. The number of aryl methyl sites for hydroxylation is 1. The summed E-state index contributed by atoms with van der Waals surface area (Å²) < 4.78 is 4.89. The number of carbonyl (C=O) groups is 1. The Hall–Kier alpha value is -1.43. The van der Waals surface area contributed by atoms with Crippen LogP contribution in [0.3, 0.4) is 0 Å². The molecule has 0 aliphatic carbocycles. The highest BCUT2D eigenvalue weighted by atomic mass is 16.5. The molecule has 1 aromatic heterocycles. The SMILES string of the molecule is CCCCNC(=O)CNCc1nc(C)no1. The molecule has 0 spiro atoms. The third kappa shape index (κ3) is 4.88. The number of hydrogen-bond donors (Lipinski definition) is 2. The third-order valence-corrected chi connectivity index (χ3v) is 1.98. The summed E-state index contributed by atoms with van der Waals surface area (Å²) in [5, 5.41) is 9.39. The predicted octanol–water partition coefficient (Wildman–Crippen LogP) is 0.384. The van der Waals surface area contributed by atoms with Crippen LogP contribution >= 0.6 is 0 Å². The first-order chi connectivity index (χ1) is 7.72. The minimum atomic E-state index is -0.00955. The lowest BCUT2D eigenvalue weighted by Crippen LogP contribution is -2.34. The quantitative estimate of drug-likeness (QED) is 0.657. The lowest BCUT2D eigenvalue weighted by Gasteiger charge is -2.03. The fourth-order valence-electron chi connectivity index (χ4n) is 1.16. The van der Waals surface area contributed by atoms with Crippen LogP contribution in [-0.4, -0.2) is 29.1 Å². The molecule has 16 heavy (non-hydrogen) atoms. The van der Waals surface area contributed by atoms with Crippen LogP contribution in [0.5, 0.6) is 0 Å². The molecule has 1 amide bonds. The number of unbranched alkanes of at least 4 members (excludes halogenated alkanes) is 1. The van der Waals surface area contributed by atoms with E-state index in [4.69, 9.17) is 4.52 Å². The maximum atomic E-state index is 11.3. The fourth-order valence-corrected chi connectivity index (χ4v) is 1.16. The fraction of sp³-hybridized carbons (Fsp3) is 0.700. The van der Waals surface area contributed by atoms with Crippen LogP contribution in [0.4, 0.5) is 0 Å². The summed E-state index contributed by atoms with van der Waals surface area (Å²) in [5.41, 5.74) is 0. The molecular weight excluding hydrogens is 208 g/mol. The molecule has 0 fully saturated rings. The van der Waals surface area contributed by atoms with E-state index in [-0.39, 0.29) is 12.5 Å². The molecule has 0 bridgehead atoms. The summed E-state index contributed by atoms with van der Waals surface area (Å²) in [7, 11) is 0. The monoisotopic (exact) mass is 226 g/mol. The van der Waals surface area contributed by atoms with Crippen molar-refractivity contribution in [2.24, 2.45) is 0 Å². The molecule has 6 heteroatoms. The first-order valence-electron chi connectivity index (χ1n) is 5.49. The Morgan fingerprint density at radius 3 is 2.94 bits per heavy atom. The summed E-state index contributed by atoms with van der Waals surface area (Å²) in [4.78, 5) is 15.3. The molecule has 1 aromatic rings. The van der Waals surface area contributed by atoms with Gasteiger partial charge in [0.15, 0.2) is 5.82 Å². The minimum absolute atomic E-state index is 0.00955. The number of rotatable bonds is 7. The van der Waals surface area contributed by atoms with Crippen LogP contribution in [0.2, 0.25) is 0 Å². The molecule has 0 unspecified atom stereocenters. The molecule has 0 aliphatic heterocycles. The van der Waals surface area contributed by atoms with Gasteiger partial charge in [-0.15, -0.1) is 0 Å². The van der Waals surface area contributed by atoms with E-state index in [1.54, 1.807) is 6.92 Å². The van der Waals surface area contributed by atoms with E-state index in [1.165, 1.54) is 0 Å². The van der Waals surface area contributed by atoms with E-state index in [0.717, 1.165) is 19.4 Å². The zero-order valence-corrected chi connectivity index (χ0v) is 9.75. The van der Waals surface area contributed by atoms with Crippen molar-refractivity contribution in [1.29, 1.82) is 0 Å². The molecule has 1 heterocycles. The van der Waals surface area contributed by atoms with Gasteiger partial charge < -0.3 is 9.84 Å². The van der Waals surface area contributed by atoms with Crippen LogP contribution < -0.4 is 10.6 Å². The summed E-state index contributed by atoms with van der Waals surface area (Å²) in [6.07, 6.45) is 2.09. The molecular formula is C10H18N4O2. The van der Waals surface area contributed by atoms with Gasteiger partial charge in [-0.3, -0.25) is 10.1 Å². The van der Waals surface area contributed by atoms with Crippen LogP contribution in [0.25, 0.3) is 0 Å². The van der Waals surface area contributed by atoms with Crippen LogP contribution in [0.15, 0.2) is 4.52 Å². The van der Waals surface area contributed by atoms with Gasteiger partial charge in [0.2, 0.25) is 11.8 Å². The molecule has 6 nitrogen and oxygen atoms in total. The first-order valence-corrected chi connectivity index (χ1v) is 5.49. The molecule has 1 rings (SSSR count). The predicted molar refractivity (Wildman–Crippen MR) is 58.7 cm³/mol. The highest BCUT2D eigenvalue weighted by molar-refractivity contribution is 5.77. The van der Waals surface area contributed by atoms with Crippen LogP contribution in [0, 0.1) is 6.92 Å². The average molecular weight is 226 g/mol. The normalized spacial score (nSPS) is 10.4. The van der Waals surface area contributed by atoms with Crippen molar-refractivity contribution in [3.63, 3.8) is 0 Å². The third-order valence-electron chi connectivity index (χ3n) is 1.98. The highest BCUT2D eigenvalue weighted by Gasteiger charge is 2.03. The average Bonchev–Trinajstić information content (AvgIpc) is 2.65. The Bertz CT molecular complexity index is 324. The number of hydrogen-bond acceptors (Lipinski definition) is 5. The van der Waals surface area contributed by atoms with Crippen molar-refractivity contribution >= 4 is 5.91 Å². The number of amides is 1. The Labute approximate surface area is 94.8 Å². The summed E-state index contributed by atoms with van der Waals surface area (Å²) >= 11 is 0. The maximum Gasteiger partial charge on any atom is 0.240 e. The van der Waals surface area contributed by atoms with E-state index in [9.17, 15) is 4.79 Å². The van der Waals surface area contributed by atoms with Gasteiger partial charge in [0.25, 0.3) is 0 Å². The smallest absolute Gasteiger partial charge is 0.240 e. The Morgan fingerprint density at radius 2 is 2.31 bits per heavy atom. The summed E-state index contributed by atoms with van der Waals surface area (Å²) in [5.74, 6) is 1.09. The summed E-state index contributed by atoms with van der Waals surface area (Å²) in [6.45, 7) is 5.26. The zero-order chi connectivity index (χ0) is 11.8. The number of nitrogens with zero attached hydrogens (tertiary/aromatic N) is 2. The highest BCUT2D eigenvalue weighted by Crippen LogP contribution is 1.93. The van der Waals surface area contributed by atoms with Crippen LogP contribution in [-0.2, 0) is 11.3 Å². The topological polar surface area (TPSA) is 80.0 Å². The van der Waals surface area contributed by atoms with Crippen molar-refractivity contribution in [3.8, 4) is 0 Å². The van der Waals surface area contributed by atoms with E-state index in [0.29, 0.717) is 18.3 Å². The van der Waals surface area contributed by atoms with Gasteiger partial charge in [-0.05, 0) is 13.3 Å². The van der Waals surface area contributed by atoms with Crippen molar-refractivity contribution in [2.75, 3.05) is 13.1 Å². The minimum Gasteiger partial charge on any atom is -0.355 e. The Kier molecular flexibility index (Phi) is 5.49. The first kappa shape index (κ1) is 12.6. The largest absolute Gasteiger partial charge is 0.355 e. The van der Waals surface area contributed by atoms with Gasteiger partial charge >= 0.3 is 0 Å². The second-order valence-corrected chi connectivity index (χ2v) is 3.54. The van der Waals surface area contributed by atoms with Gasteiger partial charge in [0.1, 0.15) is 0 Å². The molecule has 0 saturated carbocycles. The summed E-state index contributed by atoms with van der Waals surface area (Å²) in [6, 6.07) is 0. The molecule has 0 aromatic carbocycles. The van der Waals surface area contributed by atoms with Gasteiger partial charge in [-0.25, -0.2) is 0 Å². The van der Waals surface area contributed by atoms with Gasteiger partial charge in [-0.1, -0.05) is 18.5 Å². The van der Waals surface area contributed by atoms with E-state index < -0.39 is 0 Å². The van der Waals surface area contributed by atoms with Crippen molar-refractivity contribution in [2.45, 2.75) is 33.2 Å². The van der Waals surface area contributed by atoms with Gasteiger partial charge in [-0.2, -0.15) is 4.98 Å². The van der Waals surface area contributed by atoms with Crippen molar-refractivity contribution in [3.05, 3.63) is 11.7 Å². The molecule has 0 atom stereocenters. The maximum absolute atomic E-state index is 11.3. The Morgan fingerprint density at radius 1 is 1.50 bits per heavy atom. The van der Waals surface area contributed by atoms with Crippen molar-refractivity contribution < 1.29 is 9.32 Å². The molecule has 0 radical (unpaired) electrons. The number of aromatic nitrogens is 2. The Balaban J connectivity index is 2.08. The van der Waals surface area contributed by atoms with E-state index in [2.05, 4.69) is 27.7 Å². The van der Waals surface area contributed by atoms with E-state index >= 15 is 0 Å². The zero-order valence-electron chi connectivity index (χ0n) is 9.75. The van der Waals surface area contributed by atoms with E-state index in [1.807, 2.05) is 0 Å². The number of nitrogens with one attached hydrogen (secondary N) is 2. The molecule has 0 saturated heterocycles. The molecule has 0 aliphatic rings. The lowest BCUT2D eigenvalue weighted by molar-refractivity contribution is -0.120. The molecule has 90 valence electrons. The second-order valence-electron chi connectivity index (χ2n) is 3.54. The lowest BCUT2D eigenvalue weighted by atomic mass is 10.3. The number of carbonyl (C=O) groups excluding carboxylic acids is 1.